The molecule has 0 amide bonds. The van der Waals surface area contributed by atoms with Crippen LogP contribution in [0.3, 0.4) is 0 Å². The van der Waals surface area contributed by atoms with Crippen LogP contribution in [0, 0.1) is 0 Å². The molecule has 74 valence electrons. The summed E-state index contributed by atoms with van der Waals surface area (Å²) in [5.41, 5.74) is 2.16. The van der Waals surface area contributed by atoms with E-state index in [1.54, 1.807) is 6.08 Å². The van der Waals surface area contributed by atoms with Gasteiger partial charge in [-0.3, -0.25) is 0 Å². The van der Waals surface area contributed by atoms with Crippen LogP contribution in [0.2, 0.25) is 0 Å². The molecule has 0 aliphatic heterocycles. The Morgan fingerprint density at radius 3 is 2.62 bits per heavy atom. The van der Waals surface area contributed by atoms with Gasteiger partial charge in [-0.15, -0.1) is 0 Å². The van der Waals surface area contributed by atoms with Gasteiger partial charge in [-0.05, 0) is 32.8 Å². The maximum absolute atomic E-state index is 10.3. The molecule has 0 bridgehead atoms. The monoisotopic (exact) mass is 200 g/mol. The summed E-state index contributed by atoms with van der Waals surface area (Å²) < 4.78 is 18.7. The molecule has 0 aliphatic rings. The minimum atomic E-state index is -1.86. The molecule has 13 heavy (non-hydrogen) atoms. The summed E-state index contributed by atoms with van der Waals surface area (Å²) >= 11 is -1.86. The fraction of sp³-hybridized carbons (Fsp3) is 0.400. The molecule has 0 aromatic rings. The third-order valence-electron chi connectivity index (χ3n) is 1.44. The summed E-state index contributed by atoms with van der Waals surface area (Å²) in [5.74, 6) is 0. The summed E-state index contributed by atoms with van der Waals surface area (Å²) in [4.78, 5) is 0. The highest BCUT2D eigenvalue weighted by Gasteiger charge is 1.89. The van der Waals surface area contributed by atoms with Gasteiger partial charge in [-0.25, -0.2) is 4.21 Å². The van der Waals surface area contributed by atoms with Crippen molar-refractivity contribution < 1.29 is 8.76 Å². The third kappa shape index (κ3) is 9.24. The second-order valence-corrected chi connectivity index (χ2v) is 3.88. The summed E-state index contributed by atoms with van der Waals surface area (Å²) in [6.45, 7) is 7.85. The van der Waals surface area contributed by atoms with E-state index in [4.69, 9.17) is 4.55 Å². The molecule has 0 spiro atoms. The quantitative estimate of drug-likeness (QED) is 0.421. The van der Waals surface area contributed by atoms with E-state index in [-0.39, 0.29) is 0 Å². The maximum atomic E-state index is 10.3. The van der Waals surface area contributed by atoms with Crippen LogP contribution in [0.5, 0.6) is 0 Å². The first kappa shape index (κ1) is 12.3. The molecular weight excluding hydrogens is 184 g/mol. The number of hydrogen-bond acceptors (Lipinski definition) is 1. The second-order valence-electron chi connectivity index (χ2n) is 3.06. The van der Waals surface area contributed by atoms with Crippen molar-refractivity contribution in [3.05, 3.63) is 35.3 Å². The molecule has 1 unspecified atom stereocenters. The Bertz CT molecular complexity index is 248. The van der Waals surface area contributed by atoms with Crippen LogP contribution in [0.25, 0.3) is 0 Å². The van der Waals surface area contributed by atoms with Gasteiger partial charge >= 0.3 is 0 Å². The third-order valence-corrected chi connectivity index (χ3v) is 1.81. The largest absolute Gasteiger partial charge is 0.303 e. The van der Waals surface area contributed by atoms with Crippen LogP contribution >= 0.6 is 0 Å². The Hall–Kier alpha value is -0.670. The molecule has 3 heteroatoms. The fourth-order valence-corrected chi connectivity index (χ4v) is 1.09. The Morgan fingerprint density at radius 1 is 1.54 bits per heavy atom. The van der Waals surface area contributed by atoms with E-state index in [1.807, 2.05) is 13.8 Å². The molecule has 0 aliphatic carbocycles. The van der Waals surface area contributed by atoms with Gasteiger partial charge in [0.1, 0.15) is 0 Å². The molecule has 0 saturated heterocycles. The molecule has 0 rings (SSSR count). The Balaban J connectivity index is 3.77. The average molecular weight is 200 g/mol. The highest BCUT2D eigenvalue weighted by Crippen LogP contribution is 2.06. The molecule has 0 aromatic heterocycles. The van der Waals surface area contributed by atoms with Gasteiger partial charge < -0.3 is 4.55 Å². The SMILES string of the molecule is C=C(C=CS(=O)O)CCC=C(C)C. The highest BCUT2D eigenvalue weighted by molar-refractivity contribution is 7.82. The van der Waals surface area contributed by atoms with E-state index in [1.165, 1.54) is 11.0 Å². The highest BCUT2D eigenvalue weighted by atomic mass is 32.2. The molecule has 0 heterocycles. The number of allylic oxidation sites excluding steroid dienone is 4. The van der Waals surface area contributed by atoms with Crippen LogP contribution in [0.1, 0.15) is 26.7 Å². The maximum Gasteiger partial charge on any atom is 0.178 e. The van der Waals surface area contributed by atoms with Crippen LogP contribution < -0.4 is 0 Å². The lowest BCUT2D eigenvalue weighted by atomic mass is 10.1. The Labute approximate surface area is 82.3 Å². The summed E-state index contributed by atoms with van der Waals surface area (Å²) in [6.07, 6.45) is 5.48. The van der Waals surface area contributed by atoms with Crippen LogP contribution in [-0.4, -0.2) is 8.76 Å². The second kappa shape index (κ2) is 6.80. The normalized spacial score (nSPS) is 12.8. The van der Waals surface area contributed by atoms with Crippen LogP contribution in [0.15, 0.2) is 35.3 Å². The lowest BCUT2D eigenvalue weighted by molar-refractivity contribution is 0.574. The van der Waals surface area contributed by atoms with E-state index in [0.29, 0.717) is 0 Å². The zero-order valence-electron chi connectivity index (χ0n) is 8.12. The molecule has 1 N–H and O–H groups in total. The van der Waals surface area contributed by atoms with Crippen LogP contribution in [-0.2, 0) is 11.1 Å². The van der Waals surface area contributed by atoms with Gasteiger partial charge in [0, 0.05) is 5.41 Å². The van der Waals surface area contributed by atoms with E-state index in [9.17, 15) is 4.21 Å². The summed E-state index contributed by atoms with van der Waals surface area (Å²) in [7, 11) is 0. The van der Waals surface area contributed by atoms with Gasteiger partial charge in [0.25, 0.3) is 0 Å². The van der Waals surface area contributed by atoms with Gasteiger partial charge in [0.2, 0.25) is 0 Å². The first-order chi connectivity index (χ1) is 6.02. The molecule has 2 nitrogen and oxygen atoms in total. The zero-order valence-corrected chi connectivity index (χ0v) is 8.93. The van der Waals surface area contributed by atoms with Crippen molar-refractivity contribution in [2.75, 3.05) is 0 Å². The van der Waals surface area contributed by atoms with Crippen molar-refractivity contribution in [3.63, 3.8) is 0 Å². The Kier molecular flexibility index (Phi) is 6.45. The fourth-order valence-electron chi connectivity index (χ4n) is 0.784. The predicted octanol–water partition coefficient (Wildman–Crippen LogP) is 3.02. The molecule has 1 atom stereocenters. The van der Waals surface area contributed by atoms with Gasteiger partial charge in [0.05, 0.1) is 0 Å². The van der Waals surface area contributed by atoms with Gasteiger partial charge in [-0.1, -0.05) is 23.8 Å². The van der Waals surface area contributed by atoms with Crippen molar-refractivity contribution in [1.29, 1.82) is 0 Å². The summed E-state index contributed by atoms with van der Waals surface area (Å²) in [5, 5.41) is 1.23. The van der Waals surface area contributed by atoms with E-state index < -0.39 is 11.1 Å². The Morgan fingerprint density at radius 2 is 2.15 bits per heavy atom. The van der Waals surface area contributed by atoms with Crippen molar-refractivity contribution in [1.82, 2.24) is 0 Å². The predicted molar refractivity (Wildman–Crippen MR) is 57.7 cm³/mol. The smallest absolute Gasteiger partial charge is 0.178 e. The van der Waals surface area contributed by atoms with E-state index in [2.05, 4.69) is 12.7 Å². The molecule has 0 saturated carbocycles. The van der Waals surface area contributed by atoms with Gasteiger partial charge in [-0.2, -0.15) is 0 Å². The van der Waals surface area contributed by atoms with Crippen molar-refractivity contribution in [2.45, 2.75) is 26.7 Å². The topological polar surface area (TPSA) is 37.3 Å². The first-order valence-corrected chi connectivity index (χ1v) is 5.28. The van der Waals surface area contributed by atoms with Gasteiger partial charge in [0.15, 0.2) is 11.1 Å². The molecule has 0 fully saturated rings. The van der Waals surface area contributed by atoms with E-state index >= 15 is 0 Å². The average Bonchev–Trinajstić information content (AvgIpc) is 2.00. The summed E-state index contributed by atoms with van der Waals surface area (Å²) in [6, 6.07) is 0. The molecular formula is C10H16O2S. The van der Waals surface area contributed by atoms with Crippen molar-refractivity contribution >= 4 is 11.1 Å². The zero-order chi connectivity index (χ0) is 10.3. The van der Waals surface area contributed by atoms with Crippen LogP contribution in [0.4, 0.5) is 0 Å². The van der Waals surface area contributed by atoms with Crippen molar-refractivity contribution in [3.8, 4) is 0 Å². The first-order valence-electron chi connectivity index (χ1n) is 4.11. The lowest BCUT2D eigenvalue weighted by Crippen LogP contribution is -1.80. The van der Waals surface area contributed by atoms with E-state index in [0.717, 1.165) is 18.4 Å². The lowest BCUT2D eigenvalue weighted by Gasteiger charge is -1.95. The number of rotatable bonds is 5. The molecule has 0 radical (unpaired) electrons. The minimum absolute atomic E-state index is 0.832. The standard InChI is InChI=1S/C10H16O2S/c1-9(2)5-4-6-10(3)7-8-13(11)12/h5,7-8H,3-4,6H2,1-2H3,(H,11,12). The number of hydrogen-bond donors (Lipinski definition) is 1. The van der Waals surface area contributed by atoms with Crippen molar-refractivity contribution in [2.24, 2.45) is 0 Å². The molecule has 0 aromatic carbocycles. The minimum Gasteiger partial charge on any atom is -0.303 e.